The van der Waals surface area contributed by atoms with Crippen molar-refractivity contribution >= 4 is 10.8 Å². The molecule has 4 heteroatoms. The minimum Gasteiger partial charge on any atom is -0.486 e. The summed E-state index contributed by atoms with van der Waals surface area (Å²) in [6, 6.07) is 6.47. The van der Waals surface area contributed by atoms with Crippen LogP contribution in [0.1, 0.15) is 24.5 Å². The number of ether oxygens (including phenoxy) is 2. The van der Waals surface area contributed by atoms with Gasteiger partial charge in [0.15, 0.2) is 11.5 Å². The van der Waals surface area contributed by atoms with Crippen LogP contribution in [0.3, 0.4) is 0 Å². The van der Waals surface area contributed by atoms with Crippen molar-refractivity contribution in [3.63, 3.8) is 0 Å². The highest BCUT2D eigenvalue weighted by atomic mass is 16.6. The van der Waals surface area contributed by atoms with Gasteiger partial charge in [0.05, 0.1) is 5.69 Å². The van der Waals surface area contributed by atoms with Crippen molar-refractivity contribution in [3.05, 3.63) is 30.1 Å². The Bertz CT molecular complexity index is 635. The Morgan fingerprint density at radius 3 is 2.58 bits per heavy atom. The minimum absolute atomic E-state index is 0.333. The lowest BCUT2D eigenvalue weighted by atomic mass is 9.77. The molecule has 98 valence electrons. The summed E-state index contributed by atoms with van der Waals surface area (Å²) in [5, 5.41) is 2.33. The number of hydrogen-bond acceptors (Lipinski definition) is 4. The van der Waals surface area contributed by atoms with E-state index in [4.69, 9.17) is 15.2 Å². The van der Waals surface area contributed by atoms with E-state index in [-0.39, 0.29) is 0 Å². The summed E-state index contributed by atoms with van der Waals surface area (Å²) >= 11 is 0. The molecule has 1 saturated carbocycles. The Balaban J connectivity index is 1.85. The maximum Gasteiger partial charge on any atom is 0.162 e. The van der Waals surface area contributed by atoms with E-state index in [1.165, 1.54) is 5.39 Å². The highest BCUT2D eigenvalue weighted by Crippen LogP contribution is 2.41. The number of nitrogens with two attached hydrogens (primary N) is 1. The second-order valence-corrected chi connectivity index (χ2v) is 5.34. The molecule has 4 rings (SSSR count). The highest BCUT2D eigenvalue weighted by Gasteiger charge is 2.30. The quantitative estimate of drug-likeness (QED) is 0.850. The maximum absolute atomic E-state index is 5.89. The number of aromatic nitrogens is 1. The van der Waals surface area contributed by atoms with Crippen molar-refractivity contribution in [1.29, 1.82) is 0 Å². The van der Waals surface area contributed by atoms with E-state index in [2.05, 4.69) is 11.1 Å². The van der Waals surface area contributed by atoms with Gasteiger partial charge in [-0.05, 0) is 36.4 Å². The van der Waals surface area contributed by atoms with Gasteiger partial charge in [-0.1, -0.05) is 0 Å². The van der Waals surface area contributed by atoms with Crippen molar-refractivity contribution in [2.45, 2.75) is 24.8 Å². The number of fused-ring (bicyclic) bond motifs is 2. The van der Waals surface area contributed by atoms with Crippen LogP contribution in [-0.4, -0.2) is 24.2 Å². The smallest absolute Gasteiger partial charge is 0.162 e. The van der Waals surface area contributed by atoms with Gasteiger partial charge in [-0.2, -0.15) is 0 Å². The Labute approximate surface area is 111 Å². The molecule has 0 spiro atoms. The SMILES string of the molecule is NC1CC(c2nccc3cc4c(cc23)OCCO4)C1. The molecule has 1 aliphatic heterocycles. The largest absolute Gasteiger partial charge is 0.486 e. The molecular formula is C15H16N2O2. The summed E-state index contributed by atoms with van der Waals surface area (Å²) in [5.41, 5.74) is 7.04. The molecule has 19 heavy (non-hydrogen) atoms. The van der Waals surface area contributed by atoms with E-state index in [0.29, 0.717) is 25.2 Å². The molecule has 1 aliphatic carbocycles. The second kappa shape index (κ2) is 4.10. The van der Waals surface area contributed by atoms with Gasteiger partial charge in [0, 0.05) is 23.5 Å². The zero-order valence-corrected chi connectivity index (χ0v) is 10.6. The van der Waals surface area contributed by atoms with Gasteiger partial charge < -0.3 is 15.2 Å². The fourth-order valence-electron chi connectivity index (χ4n) is 2.94. The van der Waals surface area contributed by atoms with Gasteiger partial charge in [0.25, 0.3) is 0 Å². The average Bonchev–Trinajstić information content (AvgIpc) is 2.41. The predicted molar refractivity (Wildman–Crippen MR) is 72.7 cm³/mol. The Kier molecular flexibility index (Phi) is 2.38. The van der Waals surface area contributed by atoms with Crippen LogP contribution in [0.25, 0.3) is 10.8 Å². The third kappa shape index (κ3) is 1.75. The lowest BCUT2D eigenvalue weighted by Gasteiger charge is -2.32. The van der Waals surface area contributed by atoms with Crippen molar-refractivity contribution in [1.82, 2.24) is 4.98 Å². The predicted octanol–water partition coefficient (Wildman–Crippen LogP) is 2.21. The molecule has 2 aliphatic rings. The van der Waals surface area contributed by atoms with Gasteiger partial charge in [-0.3, -0.25) is 4.98 Å². The summed E-state index contributed by atoms with van der Waals surface area (Å²) in [6.07, 6.45) is 3.93. The van der Waals surface area contributed by atoms with E-state index < -0.39 is 0 Å². The van der Waals surface area contributed by atoms with Crippen molar-refractivity contribution < 1.29 is 9.47 Å². The Morgan fingerprint density at radius 1 is 1.11 bits per heavy atom. The van der Waals surface area contributed by atoms with Crippen LogP contribution in [0.15, 0.2) is 24.4 Å². The van der Waals surface area contributed by atoms with Gasteiger partial charge in [-0.15, -0.1) is 0 Å². The summed E-state index contributed by atoms with van der Waals surface area (Å²) in [6.45, 7) is 1.23. The molecule has 1 aromatic carbocycles. The fraction of sp³-hybridized carbons (Fsp3) is 0.400. The molecule has 1 aromatic heterocycles. The summed E-state index contributed by atoms with van der Waals surface area (Å²) in [4.78, 5) is 4.56. The standard InChI is InChI=1S/C15H16N2O2/c16-11-5-10(6-11)15-12-8-14-13(18-3-4-19-14)7-9(12)1-2-17-15/h1-2,7-8,10-11H,3-6,16H2. The first-order valence-corrected chi connectivity index (χ1v) is 6.75. The molecule has 0 atom stereocenters. The molecule has 2 N–H and O–H groups in total. The van der Waals surface area contributed by atoms with Crippen molar-refractivity contribution in [3.8, 4) is 11.5 Å². The second-order valence-electron chi connectivity index (χ2n) is 5.34. The van der Waals surface area contributed by atoms with Crippen LogP contribution in [0.4, 0.5) is 0 Å². The monoisotopic (exact) mass is 256 g/mol. The molecule has 0 unspecified atom stereocenters. The van der Waals surface area contributed by atoms with Crippen LogP contribution in [0.2, 0.25) is 0 Å². The lowest BCUT2D eigenvalue weighted by Crippen LogP contribution is -2.35. The van der Waals surface area contributed by atoms with Gasteiger partial charge in [0.2, 0.25) is 0 Å². The number of benzene rings is 1. The third-order valence-corrected chi connectivity index (χ3v) is 4.02. The first-order valence-electron chi connectivity index (χ1n) is 6.75. The molecule has 0 amide bonds. The molecule has 0 radical (unpaired) electrons. The van der Waals surface area contributed by atoms with Crippen LogP contribution < -0.4 is 15.2 Å². The average molecular weight is 256 g/mol. The molecule has 2 heterocycles. The molecule has 0 saturated heterocycles. The zero-order chi connectivity index (χ0) is 12.8. The van der Waals surface area contributed by atoms with E-state index in [0.717, 1.165) is 35.4 Å². The number of nitrogens with zero attached hydrogens (tertiary/aromatic N) is 1. The van der Waals surface area contributed by atoms with Crippen LogP contribution in [0, 0.1) is 0 Å². The first kappa shape index (κ1) is 11.1. The third-order valence-electron chi connectivity index (χ3n) is 4.02. The van der Waals surface area contributed by atoms with Gasteiger partial charge in [0.1, 0.15) is 13.2 Å². The summed E-state index contributed by atoms with van der Waals surface area (Å²) in [7, 11) is 0. The van der Waals surface area contributed by atoms with Crippen LogP contribution in [0.5, 0.6) is 11.5 Å². The van der Waals surface area contributed by atoms with E-state index in [9.17, 15) is 0 Å². The van der Waals surface area contributed by atoms with E-state index >= 15 is 0 Å². The van der Waals surface area contributed by atoms with Crippen LogP contribution in [-0.2, 0) is 0 Å². The Morgan fingerprint density at radius 2 is 1.84 bits per heavy atom. The zero-order valence-electron chi connectivity index (χ0n) is 10.6. The number of rotatable bonds is 1. The lowest BCUT2D eigenvalue weighted by molar-refractivity contribution is 0.172. The molecule has 1 fully saturated rings. The molecule has 2 aromatic rings. The van der Waals surface area contributed by atoms with Crippen molar-refractivity contribution in [2.75, 3.05) is 13.2 Å². The molecule has 0 bridgehead atoms. The summed E-state index contributed by atoms with van der Waals surface area (Å²) in [5.74, 6) is 2.15. The highest BCUT2D eigenvalue weighted by molar-refractivity contribution is 5.88. The van der Waals surface area contributed by atoms with Crippen LogP contribution >= 0.6 is 0 Å². The number of pyridine rings is 1. The Hall–Kier alpha value is -1.81. The summed E-state index contributed by atoms with van der Waals surface area (Å²) < 4.78 is 11.3. The maximum atomic E-state index is 5.89. The van der Waals surface area contributed by atoms with Gasteiger partial charge in [-0.25, -0.2) is 0 Å². The minimum atomic E-state index is 0.333. The fourth-order valence-corrected chi connectivity index (χ4v) is 2.94. The van der Waals surface area contributed by atoms with E-state index in [1.54, 1.807) is 0 Å². The molecular weight excluding hydrogens is 240 g/mol. The number of hydrogen-bond donors (Lipinski definition) is 1. The van der Waals surface area contributed by atoms with E-state index in [1.807, 2.05) is 18.3 Å². The normalized spacial score (nSPS) is 25.1. The topological polar surface area (TPSA) is 57.4 Å². The van der Waals surface area contributed by atoms with Crippen molar-refractivity contribution in [2.24, 2.45) is 5.73 Å². The van der Waals surface area contributed by atoms with Gasteiger partial charge >= 0.3 is 0 Å². The first-order chi connectivity index (χ1) is 9.31. The molecule has 4 nitrogen and oxygen atoms in total.